The van der Waals surface area contributed by atoms with Gasteiger partial charge in [0, 0.05) is 5.41 Å². The van der Waals surface area contributed by atoms with E-state index in [-0.39, 0.29) is 5.41 Å². The van der Waals surface area contributed by atoms with Gasteiger partial charge in [0.25, 0.3) is 0 Å². The number of benzene rings is 1. The zero-order valence-electron chi connectivity index (χ0n) is 8.51. The second-order valence-electron chi connectivity index (χ2n) is 4.03. The van der Waals surface area contributed by atoms with Gasteiger partial charge in [-0.2, -0.15) is 0 Å². The van der Waals surface area contributed by atoms with Gasteiger partial charge in [0.1, 0.15) is 0 Å². The first kappa shape index (κ1) is 11.8. The molecule has 14 heavy (non-hydrogen) atoms. The van der Waals surface area contributed by atoms with E-state index >= 15 is 0 Å². The molecular formula is C11H14Cl2O. The third-order valence-corrected chi connectivity index (χ3v) is 3.45. The van der Waals surface area contributed by atoms with Crippen molar-refractivity contribution in [3.63, 3.8) is 0 Å². The van der Waals surface area contributed by atoms with Gasteiger partial charge in [0.2, 0.25) is 0 Å². The molecule has 1 N–H and O–H groups in total. The molecule has 1 unspecified atom stereocenters. The fraction of sp³-hybridized carbons (Fsp3) is 0.455. The maximum atomic E-state index is 9.62. The van der Waals surface area contributed by atoms with Gasteiger partial charge in [0.05, 0.1) is 16.1 Å². The van der Waals surface area contributed by atoms with Gasteiger partial charge in [-0.3, -0.25) is 0 Å². The Morgan fingerprint density at radius 1 is 1.21 bits per heavy atom. The Morgan fingerprint density at radius 2 is 1.79 bits per heavy atom. The van der Waals surface area contributed by atoms with Crippen molar-refractivity contribution in [2.45, 2.75) is 32.3 Å². The van der Waals surface area contributed by atoms with Crippen molar-refractivity contribution < 1.29 is 5.11 Å². The molecule has 1 nitrogen and oxygen atoms in total. The first-order valence-corrected chi connectivity index (χ1v) is 5.25. The Morgan fingerprint density at radius 3 is 2.21 bits per heavy atom. The maximum absolute atomic E-state index is 9.62. The van der Waals surface area contributed by atoms with Crippen LogP contribution in [-0.2, 0) is 5.41 Å². The predicted molar refractivity (Wildman–Crippen MR) is 61.2 cm³/mol. The largest absolute Gasteiger partial charge is 0.393 e. The lowest BCUT2D eigenvalue weighted by molar-refractivity contribution is 0.118. The van der Waals surface area contributed by atoms with E-state index in [1.54, 1.807) is 19.1 Å². The number of hydrogen-bond acceptors (Lipinski definition) is 1. The second-order valence-corrected chi connectivity index (χ2v) is 4.84. The van der Waals surface area contributed by atoms with Crippen molar-refractivity contribution in [1.29, 1.82) is 0 Å². The minimum Gasteiger partial charge on any atom is -0.393 e. The quantitative estimate of drug-likeness (QED) is 0.826. The number of aliphatic hydroxyl groups excluding tert-OH is 1. The molecule has 0 fully saturated rings. The van der Waals surface area contributed by atoms with Crippen LogP contribution in [0.3, 0.4) is 0 Å². The summed E-state index contributed by atoms with van der Waals surface area (Å²) in [5, 5.41) is 10.7. The summed E-state index contributed by atoms with van der Waals surface area (Å²) in [7, 11) is 0. The van der Waals surface area contributed by atoms with E-state index in [0.29, 0.717) is 10.0 Å². The molecule has 0 aliphatic carbocycles. The van der Waals surface area contributed by atoms with E-state index < -0.39 is 6.10 Å². The summed E-state index contributed by atoms with van der Waals surface area (Å²) in [5.74, 6) is 0. The van der Waals surface area contributed by atoms with E-state index in [2.05, 4.69) is 0 Å². The van der Waals surface area contributed by atoms with Gasteiger partial charge in [-0.05, 0) is 24.6 Å². The zero-order valence-corrected chi connectivity index (χ0v) is 10.0. The fourth-order valence-electron chi connectivity index (χ4n) is 1.14. The zero-order chi connectivity index (χ0) is 10.9. The van der Waals surface area contributed by atoms with Crippen LogP contribution in [0.15, 0.2) is 18.2 Å². The molecule has 0 aromatic heterocycles. The first-order chi connectivity index (χ1) is 6.35. The summed E-state index contributed by atoms with van der Waals surface area (Å²) < 4.78 is 0. The molecule has 0 aliphatic rings. The van der Waals surface area contributed by atoms with E-state index in [0.717, 1.165) is 5.56 Å². The molecule has 1 aromatic carbocycles. The predicted octanol–water partition coefficient (Wildman–Crippen LogP) is 3.65. The Balaban J connectivity index is 3.14. The van der Waals surface area contributed by atoms with Crippen LogP contribution in [0.2, 0.25) is 10.0 Å². The minimum absolute atomic E-state index is 0.311. The van der Waals surface area contributed by atoms with Crippen molar-refractivity contribution >= 4 is 23.2 Å². The van der Waals surface area contributed by atoms with Gasteiger partial charge in [-0.1, -0.05) is 43.1 Å². The summed E-state index contributed by atoms with van der Waals surface area (Å²) in [4.78, 5) is 0. The molecule has 0 saturated carbocycles. The molecule has 0 heterocycles. The first-order valence-electron chi connectivity index (χ1n) is 4.49. The van der Waals surface area contributed by atoms with Crippen LogP contribution in [-0.4, -0.2) is 11.2 Å². The molecule has 1 aromatic rings. The summed E-state index contributed by atoms with van der Waals surface area (Å²) in [6, 6.07) is 5.45. The molecule has 1 atom stereocenters. The van der Waals surface area contributed by atoms with Crippen LogP contribution in [0.1, 0.15) is 26.3 Å². The smallest absolute Gasteiger partial charge is 0.0603 e. The van der Waals surface area contributed by atoms with E-state index in [1.807, 2.05) is 19.9 Å². The lowest BCUT2D eigenvalue weighted by atomic mass is 9.80. The monoisotopic (exact) mass is 232 g/mol. The number of aliphatic hydroxyl groups is 1. The number of hydrogen-bond donors (Lipinski definition) is 1. The molecule has 0 radical (unpaired) electrons. The Hall–Kier alpha value is -0.240. The molecular weight excluding hydrogens is 219 g/mol. The third-order valence-electron chi connectivity index (χ3n) is 2.71. The van der Waals surface area contributed by atoms with Crippen LogP contribution in [0.5, 0.6) is 0 Å². The van der Waals surface area contributed by atoms with Gasteiger partial charge in [-0.15, -0.1) is 0 Å². The van der Waals surface area contributed by atoms with Crippen LogP contribution in [0.25, 0.3) is 0 Å². The van der Waals surface area contributed by atoms with E-state index in [9.17, 15) is 5.11 Å². The van der Waals surface area contributed by atoms with Gasteiger partial charge in [-0.25, -0.2) is 0 Å². The molecule has 0 saturated heterocycles. The van der Waals surface area contributed by atoms with Gasteiger partial charge < -0.3 is 5.11 Å². The molecule has 78 valence electrons. The normalized spacial score (nSPS) is 14.1. The highest BCUT2D eigenvalue weighted by molar-refractivity contribution is 6.42. The second kappa shape index (κ2) is 4.09. The molecule has 0 spiro atoms. The highest BCUT2D eigenvalue weighted by Gasteiger charge is 2.26. The Bertz CT molecular complexity index is 332. The van der Waals surface area contributed by atoms with Gasteiger partial charge >= 0.3 is 0 Å². The lowest BCUT2D eigenvalue weighted by Crippen LogP contribution is -2.30. The third kappa shape index (κ3) is 2.22. The SMILES string of the molecule is CC(O)C(C)(C)c1ccc(Cl)c(Cl)c1. The molecule has 0 bridgehead atoms. The van der Waals surface area contributed by atoms with Gasteiger partial charge in [0.15, 0.2) is 0 Å². The Labute approximate surface area is 94.7 Å². The fourth-order valence-corrected chi connectivity index (χ4v) is 1.44. The number of rotatable bonds is 2. The van der Waals surface area contributed by atoms with Crippen LogP contribution < -0.4 is 0 Å². The highest BCUT2D eigenvalue weighted by Crippen LogP contribution is 2.31. The summed E-state index contributed by atoms with van der Waals surface area (Å²) in [5.41, 5.74) is 0.677. The maximum Gasteiger partial charge on any atom is 0.0603 e. The summed E-state index contributed by atoms with van der Waals surface area (Å²) >= 11 is 11.7. The molecule has 0 aliphatic heterocycles. The average molecular weight is 233 g/mol. The van der Waals surface area contributed by atoms with Crippen molar-refractivity contribution in [2.24, 2.45) is 0 Å². The average Bonchev–Trinajstić information content (AvgIpc) is 2.09. The minimum atomic E-state index is -0.431. The van der Waals surface area contributed by atoms with Crippen LogP contribution in [0.4, 0.5) is 0 Å². The lowest BCUT2D eigenvalue weighted by Gasteiger charge is -2.28. The van der Waals surface area contributed by atoms with Crippen LogP contribution >= 0.6 is 23.2 Å². The number of halogens is 2. The molecule has 3 heteroatoms. The molecule has 0 amide bonds. The van der Waals surface area contributed by atoms with Crippen molar-refractivity contribution in [2.75, 3.05) is 0 Å². The summed E-state index contributed by atoms with van der Waals surface area (Å²) in [6.45, 7) is 5.71. The Kier molecular flexibility index (Phi) is 3.46. The van der Waals surface area contributed by atoms with E-state index in [1.165, 1.54) is 0 Å². The topological polar surface area (TPSA) is 20.2 Å². The summed E-state index contributed by atoms with van der Waals surface area (Å²) in [6.07, 6.45) is -0.431. The standard InChI is InChI=1S/C11H14Cl2O/c1-7(14)11(2,3)8-4-5-9(12)10(13)6-8/h4-7,14H,1-3H3. The van der Waals surface area contributed by atoms with Crippen molar-refractivity contribution in [3.05, 3.63) is 33.8 Å². The molecule has 1 rings (SSSR count). The van der Waals surface area contributed by atoms with E-state index in [4.69, 9.17) is 23.2 Å². The highest BCUT2D eigenvalue weighted by atomic mass is 35.5. The van der Waals surface area contributed by atoms with Crippen LogP contribution in [0, 0.1) is 0 Å². The van der Waals surface area contributed by atoms with Crippen molar-refractivity contribution in [3.8, 4) is 0 Å². The van der Waals surface area contributed by atoms with Crippen molar-refractivity contribution in [1.82, 2.24) is 0 Å².